The summed E-state index contributed by atoms with van der Waals surface area (Å²) < 4.78 is 16.0. The summed E-state index contributed by atoms with van der Waals surface area (Å²) in [7, 11) is 3.14. The maximum absolute atomic E-state index is 5.64. The molecule has 0 spiro atoms. The first-order valence-corrected chi connectivity index (χ1v) is 7.02. The summed E-state index contributed by atoms with van der Waals surface area (Å²) in [5, 5.41) is 3.41. The highest BCUT2D eigenvalue weighted by Crippen LogP contribution is 2.23. The Bertz CT molecular complexity index is 388. The molecule has 6 heteroatoms. The molecule has 1 N–H and O–H groups in total. The molecule has 0 fully saturated rings. The zero-order valence-electron chi connectivity index (χ0n) is 12.8. The maximum Gasteiger partial charge on any atom is 0.240 e. The topological polar surface area (TPSA) is 65.5 Å². The van der Waals surface area contributed by atoms with Crippen LogP contribution in [-0.2, 0) is 4.74 Å². The molecule has 0 bridgehead atoms. The van der Waals surface area contributed by atoms with E-state index in [1.807, 2.05) is 0 Å². The molecular formula is C14H25N3O3. The van der Waals surface area contributed by atoms with Gasteiger partial charge < -0.3 is 19.5 Å². The van der Waals surface area contributed by atoms with E-state index >= 15 is 0 Å². The number of rotatable bonds is 10. The summed E-state index contributed by atoms with van der Waals surface area (Å²) >= 11 is 0. The van der Waals surface area contributed by atoms with Crippen LogP contribution in [0.3, 0.4) is 0 Å². The predicted octanol–water partition coefficient (Wildman–Crippen LogP) is 1.96. The number of hydrogen-bond donors (Lipinski definition) is 1. The molecule has 0 radical (unpaired) electrons. The fourth-order valence-corrected chi connectivity index (χ4v) is 1.75. The first-order chi connectivity index (χ1) is 9.76. The Morgan fingerprint density at radius 1 is 1.20 bits per heavy atom. The van der Waals surface area contributed by atoms with Gasteiger partial charge in [0.2, 0.25) is 11.8 Å². The molecule has 0 aliphatic carbocycles. The molecule has 1 aromatic rings. The summed E-state index contributed by atoms with van der Waals surface area (Å²) in [5.74, 6) is 0.910. The second-order valence-electron chi connectivity index (χ2n) is 4.39. The Labute approximate surface area is 120 Å². The van der Waals surface area contributed by atoms with Gasteiger partial charge >= 0.3 is 0 Å². The Morgan fingerprint density at radius 3 is 2.60 bits per heavy atom. The maximum atomic E-state index is 5.64. The quantitative estimate of drug-likeness (QED) is 0.662. The number of aromatic nitrogens is 2. The lowest BCUT2D eigenvalue weighted by Gasteiger charge is -2.19. The van der Waals surface area contributed by atoms with Crippen molar-refractivity contribution in [3.8, 4) is 11.8 Å². The van der Waals surface area contributed by atoms with Crippen molar-refractivity contribution in [1.82, 2.24) is 15.3 Å². The lowest BCUT2D eigenvalue weighted by Crippen LogP contribution is -2.28. The van der Waals surface area contributed by atoms with Crippen LogP contribution in [-0.4, -0.2) is 43.9 Å². The second kappa shape index (κ2) is 9.50. The molecule has 0 saturated carbocycles. The molecule has 1 rings (SSSR count). The van der Waals surface area contributed by atoms with Gasteiger partial charge in [-0.2, -0.15) is 4.98 Å². The van der Waals surface area contributed by atoms with Crippen LogP contribution in [0.15, 0.2) is 6.20 Å². The van der Waals surface area contributed by atoms with Crippen molar-refractivity contribution in [3.63, 3.8) is 0 Å². The van der Waals surface area contributed by atoms with Crippen molar-refractivity contribution in [2.75, 3.05) is 34.0 Å². The van der Waals surface area contributed by atoms with E-state index < -0.39 is 0 Å². The molecule has 0 amide bonds. The molecule has 0 aliphatic rings. The van der Waals surface area contributed by atoms with Gasteiger partial charge in [0.25, 0.3) is 0 Å². The molecule has 1 heterocycles. The molecule has 0 aromatic carbocycles. The zero-order valence-corrected chi connectivity index (χ0v) is 12.8. The number of methoxy groups -OCH3 is 2. The fraction of sp³-hybridized carbons (Fsp3) is 0.714. The third-order valence-corrected chi connectivity index (χ3v) is 2.75. The van der Waals surface area contributed by atoms with Gasteiger partial charge in [-0.15, -0.1) is 0 Å². The van der Waals surface area contributed by atoms with Crippen LogP contribution in [0.1, 0.15) is 38.4 Å². The van der Waals surface area contributed by atoms with Crippen LogP contribution in [0.2, 0.25) is 0 Å². The summed E-state index contributed by atoms with van der Waals surface area (Å²) in [4.78, 5) is 8.66. The predicted molar refractivity (Wildman–Crippen MR) is 77.3 cm³/mol. The normalized spacial score (nSPS) is 12.2. The lowest BCUT2D eigenvalue weighted by molar-refractivity contribution is 0.109. The number of hydrogen-bond acceptors (Lipinski definition) is 6. The molecule has 6 nitrogen and oxygen atoms in total. The van der Waals surface area contributed by atoms with E-state index in [2.05, 4.69) is 29.1 Å². The Kier molecular flexibility index (Phi) is 7.91. The standard InChI is InChI=1S/C14H25N3O3/c1-5-7-15-11(10-20-8-6-2)13-14(19-4)17-12(18-3)9-16-13/h9,11,15H,5-8,10H2,1-4H3. The number of ether oxygens (including phenoxy) is 3. The summed E-state index contributed by atoms with van der Waals surface area (Å²) in [6, 6.07) is -0.0325. The highest BCUT2D eigenvalue weighted by molar-refractivity contribution is 5.25. The van der Waals surface area contributed by atoms with E-state index in [0.717, 1.165) is 31.7 Å². The van der Waals surface area contributed by atoms with Crippen LogP contribution >= 0.6 is 0 Å². The van der Waals surface area contributed by atoms with Gasteiger partial charge in [0.05, 0.1) is 33.1 Å². The molecular weight excluding hydrogens is 258 g/mol. The summed E-state index contributed by atoms with van der Waals surface area (Å²) in [5.41, 5.74) is 0.748. The third-order valence-electron chi connectivity index (χ3n) is 2.75. The summed E-state index contributed by atoms with van der Waals surface area (Å²) in [6.45, 7) is 6.37. The van der Waals surface area contributed by atoms with Gasteiger partial charge in [0.1, 0.15) is 5.69 Å². The largest absolute Gasteiger partial charge is 0.480 e. The summed E-state index contributed by atoms with van der Waals surface area (Å²) in [6.07, 6.45) is 3.63. The van der Waals surface area contributed by atoms with Crippen molar-refractivity contribution in [2.45, 2.75) is 32.7 Å². The van der Waals surface area contributed by atoms with Gasteiger partial charge in [-0.1, -0.05) is 13.8 Å². The lowest BCUT2D eigenvalue weighted by atomic mass is 10.2. The minimum atomic E-state index is -0.0325. The number of nitrogens with zero attached hydrogens (tertiary/aromatic N) is 2. The van der Waals surface area contributed by atoms with Crippen LogP contribution in [0.4, 0.5) is 0 Å². The SMILES string of the molecule is CCCNC(COCCC)c1ncc(OC)nc1OC. The van der Waals surface area contributed by atoms with Crippen LogP contribution in [0.5, 0.6) is 11.8 Å². The van der Waals surface area contributed by atoms with Gasteiger partial charge in [0, 0.05) is 6.61 Å². The van der Waals surface area contributed by atoms with Crippen molar-refractivity contribution in [1.29, 1.82) is 0 Å². The van der Waals surface area contributed by atoms with Crippen molar-refractivity contribution >= 4 is 0 Å². The van der Waals surface area contributed by atoms with E-state index in [4.69, 9.17) is 14.2 Å². The van der Waals surface area contributed by atoms with Crippen LogP contribution in [0.25, 0.3) is 0 Å². The van der Waals surface area contributed by atoms with Crippen molar-refractivity contribution in [2.24, 2.45) is 0 Å². The van der Waals surface area contributed by atoms with Gasteiger partial charge in [-0.3, -0.25) is 0 Å². The molecule has 1 aromatic heterocycles. The Morgan fingerprint density at radius 2 is 2.00 bits per heavy atom. The van der Waals surface area contributed by atoms with E-state index in [0.29, 0.717) is 18.4 Å². The van der Waals surface area contributed by atoms with Gasteiger partial charge in [-0.05, 0) is 19.4 Å². The minimum Gasteiger partial charge on any atom is -0.480 e. The third kappa shape index (κ3) is 4.94. The van der Waals surface area contributed by atoms with E-state index in [9.17, 15) is 0 Å². The molecule has 0 aliphatic heterocycles. The van der Waals surface area contributed by atoms with Gasteiger partial charge in [-0.25, -0.2) is 4.98 Å². The molecule has 114 valence electrons. The molecule has 1 unspecified atom stereocenters. The van der Waals surface area contributed by atoms with E-state index in [-0.39, 0.29) is 6.04 Å². The van der Waals surface area contributed by atoms with E-state index in [1.54, 1.807) is 20.4 Å². The smallest absolute Gasteiger partial charge is 0.240 e. The molecule has 20 heavy (non-hydrogen) atoms. The van der Waals surface area contributed by atoms with Gasteiger partial charge in [0.15, 0.2) is 0 Å². The van der Waals surface area contributed by atoms with Crippen molar-refractivity contribution < 1.29 is 14.2 Å². The average molecular weight is 283 g/mol. The monoisotopic (exact) mass is 283 g/mol. The molecule has 0 saturated heterocycles. The highest BCUT2D eigenvalue weighted by atomic mass is 16.5. The number of nitrogens with one attached hydrogen (secondary N) is 1. The highest BCUT2D eigenvalue weighted by Gasteiger charge is 2.19. The Balaban J connectivity index is 2.86. The van der Waals surface area contributed by atoms with Crippen LogP contribution in [0, 0.1) is 0 Å². The second-order valence-corrected chi connectivity index (χ2v) is 4.39. The Hall–Kier alpha value is -1.40. The minimum absolute atomic E-state index is 0.0325. The zero-order chi connectivity index (χ0) is 14.8. The average Bonchev–Trinajstić information content (AvgIpc) is 2.50. The first kappa shape index (κ1) is 16.7. The van der Waals surface area contributed by atoms with E-state index in [1.165, 1.54) is 0 Å². The van der Waals surface area contributed by atoms with Crippen LogP contribution < -0.4 is 14.8 Å². The van der Waals surface area contributed by atoms with Crippen molar-refractivity contribution in [3.05, 3.63) is 11.9 Å². The first-order valence-electron chi connectivity index (χ1n) is 7.02. The fourth-order valence-electron chi connectivity index (χ4n) is 1.75. The molecule has 1 atom stereocenters.